The zero-order chi connectivity index (χ0) is 9.24. The Morgan fingerprint density at radius 1 is 1.33 bits per heavy atom. The zero-order valence-corrected chi connectivity index (χ0v) is 8.23. The molecular weight excluding hydrogens is 176 g/mol. The van der Waals surface area contributed by atoms with Crippen molar-refractivity contribution in [3.05, 3.63) is 0 Å². The zero-order valence-electron chi connectivity index (χ0n) is 7.41. The fourth-order valence-electron chi connectivity index (χ4n) is 1.63. The Morgan fingerprint density at radius 3 is 2.25 bits per heavy atom. The second kappa shape index (κ2) is 3.34. The van der Waals surface area contributed by atoms with Crippen LogP contribution in [-0.2, 0) is 9.84 Å². The fourth-order valence-corrected chi connectivity index (χ4v) is 3.22. The molecule has 0 aromatic heterocycles. The third-order valence-electron chi connectivity index (χ3n) is 2.47. The number of rotatable bonds is 2. The molecule has 12 heavy (non-hydrogen) atoms. The van der Waals surface area contributed by atoms with E-state index in [2.05, 4.69) is 0 Å². The van der Waals surface area contributed by atoms with Crippen molar-refractivity contribution in [3.8, 4) is 0 Å². The molecule has 4 heteroatoms. The molecule has 1 rings (SSSR count). The van der Waals surface area contributed by atoms with Gasteiger partial charge < -0.3 is 5.11 Å². The van der Waals surface area contributed by atoms with Crippen LogP contribution in [-0.4, -0.2) is 30.6 Å². The lowest BCUT2D eigenvalue weighted by atomic mass is 9.92. The van der Waals surface area contributed by atoms with Gasteiger partial charge >= 0.3 is 0 Å². The average Bonchev–Trinajstić information content (AvgIpc) is 1.98. The third kappa shape index (κ3) is 2.45. The lowest BCUT2D eigenvalue weighted by Gasteiger charge is -2.31. The molecule has 1 saturated heterocycles. The van der Waals surface area contributed by atoms with Crippen molar-refractivity contribution in [1.82, 2.24) is 0 Å². The van der Waals surface area contributed by atoms with Gasteiger partial charge in [0.2, 0.25) is 0 Å². The first kappa shape index (κ1) is 9.99. The molecule has 3 nitrogen and oxygen atoms in total. The van der Waals surface area contributed by atoms with E-state index in [1.54, 1.807) is 0 Å². The van der Waals surface area contributed by atoms with Crippen molar-refractivity contribution in [1.29, 1.82) is 0 Å². The Balaban J connectivity index is 2.55. The number of aliphatic hydroxyl groups is 1. The maximum absolute atomic E-state index is 11.0. The molecule has 1 aliphatic heterocycles. The Bertz CT molecular complexity index is 229. The van der Waals surface area contributed by atoms with E-state index in [0.717, 1.165) is 12.8 Å². The number of hydrogen-bond donors (Lipinski definition) is 1. The lowest BCUT2D eigenvalue weighted by Crippen LogP contribution is -2.38. The summed E-state index contributed by atoms with van der Waals surface area (Å²) in [6.45, 7) is 2.00. The van der Waals surface area contributed by atoms with Crippen LogP contribution in [0.3, 0.4) is 0 Å². The Hall–Kier alpha value is -0.0900. The monoisotopic (exact) mass is 192 g/mol. The van der Waals surface area contributed by atoms with Crippen molar-refractivity contribution >= 4 is 9.84 Å². The van der Waals surface area contributed by atoms with Crippen LogP contribution in [0.2, 0.25) is 0 Å². The lowest BCUT2D eigenvalue weighted by molar-refractivity contribution is 0.0211. The summed E-state index contributed by atoms with van der Waals surface area (Å²) in [7, 11) is -2.83. The van der Waals surface area contributed by atoms with Gasteiger partial charge in [-0.15, -0.1) is 0 Å². The molecule has 0 amide bonds. The number of sulfone groups is 1. The van der Waals surface area contributed by atoms with E-state index in [1.165, 1.54) is 0 Å². The molecule has 1 heterocycles. The van der Waals surface area contributed by atoms with Gasteiger partial charge in [-0.3, -0.25) is 0 Å². The van der Waals surface area contributed by atoms with Crippen LogP contribution in [0.4, 0.5) is 0 Å². The molecule has 1 fully saturated rings. The maximum atomic E-state index is 11.0. The van der Waals surface area contributed by atoms with Crippen molar-refractivity contribution < 1.29 is 13.5 Å². The summed E-state index contributed by atoms with van der Waals surface area (Å²) < 4.78 is 22.1. The standard InChI is InChI=1S/C8H16O3S/c1-2-3-8(9)4-6-12(10,11)7-5-8/h9H,2-7H2,1H3. The molecule has 0 aromatic carbocycles. The fraction of sp³-hybridized carbons (Fsp3) is 1.00. The SMILES string of the molecule is CCCC1(O)CCS(=O)(=O)CC1. The highest BCUT2D eigenvalue weighted by atomic mass is 32.2. The van der Waals surface area contributed by atoms with Gasteiger partial charge in [-0.05, 0) is 19.3 Å². The highest BCUT2D eigenvalue weighted by molar-refractivity contribution is 7.91. The summed E-state index contributed by atoms with van der Waals surface area (Å²) in [5, 5.41) is 9.84. The van der Waals surface area contributed by atoms with Gasteiger partial charge in [-0.25, -0.2) is 8.42 Å². The van der Waals surface area contributed by atoms with Gasteiger partial charge in [0.05, 0.1) is 17.1 Å². The van der Waals surface area contributed by atoms with Crippen LogP contribution in [0, 0.1) is 0 Å². The van der Waals surface area contributed by atoms with E-state index in [0.29, 0.717) is 12.8 Å². The van der Waals surface area contributed by atoms with Crippen LogP contribution in [0.5, 0.6) is 0 Å². The first-order valence-electron chi connectivity index (χ1n) is 4.40. The highest BCUT2D eigenvalue weighted by Crippen LogP contribution is 2.27. The summed E-state index contributed by atoms with van der Waals surface area (Å²) in [5.74, 6) is 0.312. The quantitative estimate of drug-likeness (QED) is 0.701. The third-order valence-corrected chi connectivity index (χ3v) is 4.12. The molecule has 72 valence electrons. The van der Waals surface area contributed by atoms with E-state index in [4.69, 9.17) is 0 Å². The summed E-state index contributed by atoms with van der Waals surface area (Å²) in [6.07, 6.45) is 2.48. The van der Waals surface area contributed by atoms with Crippen LogP contribution >= 0.6 is 0 Å². The van der Waals surface area contributed by atoms with E-state index in [1.807, 2.05) is 6.92 Å². The number of hydrogen-bond acceptors (Lipinski definition) is 3. The highest BCUT2D eigenvalue weighted by Gasteiger charge is 2.34. The molecule has 1 aliphatic rings. The normalized spacial score (nSPS) is 26.8. The largest absolute Gasteiger partial charge is 0.390 e. The van der Waals surface area contributed by atoms with Gasteiger partial charge in [0.25, 0.3) is 0 Å². The van der Waals surface area contributed by atoms with Gasteiger partial charge in [-0.2, -0.15) is 0 Å². The molecule has 0 spiro atoms. The molecular formula is C8H16O3S. The van der Waals surface area contributed by atoms with E-state index < -0.39 is 15.4 Å². The minimum absolute atomic E-state index is 0.156. The summed E-state index contributed by atoms with van der Waals surface area (Å²) in [6, 6.07) is 0. The van der Waals surface area contributed by atoms with Crippen LogP contribution < -0.4 is 0 Å². The molecule has 0 saturated carbocycles. The van der Waals surface area contributed by atoms with Crippen LogP contribution in [0.25, 0.3) is 0 Å². The Kier molecular flexibility index (Phi) is 2.78. The van der Waals surface area contributed by atoms with Crippen molar-refractivity contribution in [3.63, 3.8) is 0 Å². The molecule has 0 unspecified atom stereocenters. The van der Waals surface area contributed by atoms with Gasteiger partial charge in [0.15, 0.2) is 9.84 Å². The predicted molar refractivity (Wildman–Crippen MR) is 47.7 cm³/mol. The molecule has 0 radical (unpaired) electrons. The first-order chi connectivity index (χ1) is 5.47. The second-order valence-corrected chi connectivity index (χ2v) is 5.93. The minimum atomic E-state index is -2.83. The molecule has 0 aromatic rings. The van der Waals surface area contributed by atoms with E-state index in [9.17, 15) is 13.5 Å². The van der Waals surface area contributed by atoms with Crippen molar-refractivity contribution in [2.45, 2.75) is 38.2 Å². The predicted octanol–water partition coefficient (Wildman–Crippen LogP) is 0.726. The van der Waals surface area contributed by atoms with Gasteiger partial charge in [0.1, 0.15) is 0 Å². The average molecular weight is 192 g/mol. The summed E-state index contributed by atoms with van der Waals surface area (Å²) in [5.41, 5.74) is -0.694. The van der Waals surface area contributed by atoms with Gasteiger partial charge in [-0.1, -0.05) is 13.3 Å². The van der Waals surface area contributed by atoms with Crippen molar-refractivity contribution in [2.24, 2.45) is 0 Å². The first-order valence-corrected chi connectivity index (χ1v) is 6.22. The van der Waals surface area contributed by atoms with E-state index >= 15 is 0 Å². The molecule has 1 N–H and O–H groups in total. The maximum Gasteiger partial charge on any atom is 0.150 e. The smallest absolute Gasteiger partial charge is 0.150 e. The van der Waals surface area contributed by atoms with Crippen LogP contribution in [0.15, 0.2) is 0 Å². The summed E-state index contributed by atoms with van der Waals surface area (Å²) in [4.78, 5) is 0. The van der Waals surface area contributed by atoms with Crippen molar-refractivity contribution in [2.75, 3.05) is 11.5 Å². The minimum Gasteiger partial charge on any atom is -0.390 e. The van der Waals surface area contributed by atoms with Gasteiger partial charge in [0, 0.05) is 0 Å². The molecule has 0 aliphatic carbocycles. The Labute approximate surface area is 73.7 Å². The summed E-state index contributed by atoms with van der Waals surface area (Å²) >= 11 is 0. The molecule has 0 bridgehead atoms. The van der Waals surface area contributed by atoms with Crippen LogP contribution in [0.1, 0.15) is 32.6 Å². The van der Waals surface area contributed by atoms with E-state index in [-0.39, 0.29) is 11.5 Å². The molecule has 0 atom stereocenters. The Morgan fingerprint density at radius 2 is 1.83 bits per heavy atom. The topological polar surface area (TPSA) is 54.4 Å². The second-order valence-electron chi connectivity index (χ2n) is 3.63.